The number of aromatic amines is 1. The monoisotopic (exact) mass is 297 g/mol. The van der Waals surface area contributed by atoms with Gasteiger partial charge in [0.15, 0.2) is 0 Å². The summed E-state index contributed by atoms with van der Waals surface area (Å²) in [5.41, 5.74) is 5.25. The molecule has 3 rings (SSSR count). The largest absolute Gasteiger partial charge is 0.481 e. The van der Waals surface area contributed by atoms with Crippen LogP contribution in [0.1, 0.15) is 16.7 Å². The van der Waals surface area contributed by atoms with Gasteiger partial charge in [-0.3, -0.25) is 4.79 Å². The molecule has 2 N–H and O–H groups in total. The van der Waals surface area contributed by atoms with Gasteiger partial charge in [0.1, 0.15) is 5.82 Å². The molecule has 4 heteroatoms. The lowest BCUT2D eigenvalue weighted by atomic mass is 9.98. The van der Waals surface area contributed by atoms with Gasteiger partial charge in [-0.2, -0.15) is 0 Å². The van der Waals surface area contributed by atoms with Crippen LogP contribution in [0.2, 0.25) is 0 Å². The van der Waals surface area contributed by atoms with E-state index in [4.69, 9.17) is 0 Å². The molecule has 22 heavy (non-hydrogen) atoms. The van der Waals surface area contributed by atoms with E-state index >= 15 is 0 Å². The van der Waals surface area contributed by atoms with Crippen LogP contribution in [0.15, 0.2) is 36.4 Å². The number of nitrogens with one attached hydrogen (secondary N) is 1. The van der Waals surface area contributed by atoms with Crippen molar-refractivity contribution in [3.63, 3.8) is 0 Å². The number of aromatic nitrogens is 1. The first-order chi connectivity index (χ1) is 10.5. The molecule has 0 bridgehead atoms. The minimum Gasteiger partial charge on any atom is -0.481 e. The van der Waals surface area contributed by atoms with Gasteiger partial charge in [-0.05, 0) is 43.2 Å². The minimum atomic E-state index is -0.934. The summed E-state index contributed by atoms with van der Waals surface area (Å²) in [7, 11) is 0. The average molecular weight is 297 g/mol. The molecule has 1 heterocycles. The molecule has 0 amide bonds. The predicted octanol–water partition coefficient (Wildman–Crippen LogP) is 4.22. The summed E-state index contributed by atoms with van der Waals surface area (Å²) in [4.78, 5) is 14.5. The summed E-state index contributed by atoms with van der Waals surface area (Å²) in [6.45, 7) is 3.99. The summed E-state index contributed by atoms with van der Waals surface area (Å²) in [6.07, 6.45) is -0.147. The van der Waals surface area contributed by atoms with Gasteiger partial charge in [0.2, 0.25) is 0 Å². The number of carbonyl (C=O) groups is 1. The zero-order chi connectivity index (χ0) is 15.9. The molecule has 0 fully saturated rings. The van der Waals surface area contributed by atoms with E-state index in [1.807, 2.05) is 32.0 Å². The van der Waals surface area contributed by atoms with Crippen molar-refractivity contribution in [3.8, 4) is 11.3 Å². The fourth-order valence-electron chi connectivity index (χ4n) is 2.88. The van der Waals surface area contributed by atoms with Gasteiger partial charge in [0, 0.05) is 16.5 Å². The van der Waals surface area contributed by atoms with E-state index < -0.39 is 5.97 Å². The maximum absolute atomic E-state index is 13.5. The van der Waals surface area contributed by atoms with Gasteiger partial charge < -0.3 is 10.1 Å². The fraction of sp³-hybridized carbons (Fsp3) is 0.167. The van der Waals surface area contributed by atoms with Crippen molar-refractivity contribution in [2.24, 2.45) is 0 Å². The Hall–Kier alpha value is -2.62. The second-order valence-corrected chi connectivity index (χ2v) is 5.56. The maximum atomic E-state index is 13.5. The number of aliphatic carboxylic acids is 1. The Bertz CT molecular complexity index is 880. The molecule has 0 saturated heterocycles. The molecule has 0 spiro atoms. The fourth-order valence-corrected chi connectivity index (χ4v) is 2.88. The van der Waals surface area contributed by atoms with Crippen molar-refractivity contribution in [1.29, 1.82) is 0 Å². The number of hydrogen-bond acceptors (Lipinski definition) is 1. The van der Waals surface area contributed by atoms with E-state index in [0.29, 0.717) is 10.9 Å². The van der Waals surface area contributed by atoms with Crippen molar-refractivity contribution in [2.75, 3.05) is 0 Å². The number of halogens is 1. The first-order valence-electron chi connectivity index (χ1n) is 7.05. The quantitative estimate of drug-likeness (QED) is 0.760. The summed E-state index contributed by atoms with van der Waals surface area (Å²) in [5, 5.41) is 9.81. The molecule has 2 aromatic carbocycles. The lowest BCUT2D eigenvalue weighted by Crippen LogP contribution is -2.01. The van der Waals surface area contributed by atoms with Gasteiger partial charge >= 0.3 is 5.97 Å². The Morgan fingerprint density at radius 3 is 2.64 bits per heavy atom. The Labute approximate surface area is 127 Å². The molecule has 0 aliphatic rings. The van der Waals surface area contributed by atoms with Gasteiger partial charge in [0.25, 0.3) is 0 Å². The van der Waals surface area contributed by atoms with E-state index in [2.05, 4.69) is 4.98 Å². The van der Waals surface area contributed by atoms with Crippen LogP contribution < -0.4 is 0 Å². The first-order valence-corrected chi connectivity index (χ1v) is 7.05. The topological polar surface area (TPSA) is 53.1 Å². The van der Waals surface area contributed by atoms with Crippen LogP contribution in [0, 0.1) is 19.7 Å². The molecule has 0 saturated carbocycles. The molecule has 0 atom stereocenters. The van der Waals surface area contributed by atoms with E-state index in [-0.39, 0.29) is 12.2 Å². The second kappa shape index (κ2) is 5.30. The van der Waals surface area contributed by atoms with Crippen molar-refractivity contribution < 1.29 is 14.3 Å². The van der Waals surface area contributed by atoms with Crippen molar-refractivity contribution in [2.45, 2.75) is 20.3 Å². The molecule has 3 nitrogen and oxygen atoms in total. The van der Waals surface area contributed by atoms with E-state index in [1.165, 1.54) is 12.1 Å². The molecular formula is C18H16FNO2. The molecule has 0 aliphatic heterocycles. The number of carboxylic acids is 1. The third kappa shape index (κ3) is 2.48. The Morgan fingerprint density at radius 2 is 1.95 bits per heavy atom. The van der Waals surface area contributed by atoms with Gasteiger partial charge in [-0.15, -0.1) is 0 Å². The standard InChI is InChI=1S/C18H16FNO2/c1-10-3-5-13(11(2)7-10)18-15(9-17(21)22)14-8-12(19)4-6-16(14)20-18/h3-8,20H,9H2,1-2H3,(H,21,22). The molecular weight excluding hydrogens is 281 g/mol. The Balaban J connectivity index is 2.30. The van der Waals surface area contributed by atoms with E-state index in [9.17, 15) is 14.3 Å². The molecule has 3 aromatic rings. The molecule has 0 radical (unpaired) electrons. The number of benzene rings is 2. The molecule has 112 valence electrons. The molecule has 0 aliphatic carbocycles. The average Bonchev–Trinajstić information content (AvgIpc) is 2.76. The second-order valence-electron chi connectivity index (χ2n) is 5.56. The van der Waals surface area contributed by atoms with Crippen molar-refractivity contribution >= 4 is 16.9 Å². The van der Waals surface area contributed by atoms with Gasteiger partial charge in [-0.25, -0.2) is 4.39 Å². The highest BCUT2D eigenvalue weighted by Crippen LogP contribution is 2.33. The van der Waals surface area contributed by atoms with Crippen LogP contribution >= 0.6 is 0 Å². The number of carboxylic acid groups (broad SMARTS) is 1. The van der Waals surface area contributed by atoms with Gasteiger partial charge in [0.05, 0.1) is 12.1 Å². The summed E-state index contributed by atoms with van der Waals surface area (Å²) < 4.78 is 13.5. The predicted molar refractivity (Wildman–Crippen MR) is 84.5 cm³/mol. The number of fused-ring (bicyclic) bond motifs is 1. The maximum Gasteiger partial charge on any atom is 0.307 e. The Morgan fingerprint density at radius 1 is 1.18 bits per heavy atom. The Kier molecular flexibility index (Phi) is 3.45. The number of rotatable bonds is 3. The lowest BCUT2D eigenvalue weighted by Gasteiger charge is -2.08. The van der Waals surface area contributed by atoms with Crippen molar-refractivity contribution in [1.82, 2.24) is 4.98 Å². The third-order valence-electron chi connectivity index (χ3n) is 3.85. The van der Waals surface area contributed by atoms with E-state index in [0.717, 1.165) is 27.9 Å². The third-order valence-corrected chi connectivity index (χ3v) is 3.85. The summed E-state index contributed by atoms with van der Waals surface area (Å²) >= 11 is 0. The zero-order valence-electron chi connectivity index (χ0n) is 12.4. The van der Waals surface area contributed by atoms with E-state index in [1.54, 1.807) is 6.07 Å². The smallest absolute Gasteiger partial charge is 0.307 e. The van der Waals surface area contributed by atoms with Crippen LogP contribution in [0.25, 0.3) is 22.2 Å². The van der Waals surface area contributed by atoms with Crippen LogP contribution in [0.3, 0.4) is 0 Å². The van der Waals surface area contributed by atoms with Crippen LogP contribution in [-0.4, -0.2) is 16.1 Å². The van der Waals surface area contributed by atoms with Gasteiger partial charge in [-0.1, -0.05) is 23.8 Å². The summed E-state index contributed by atoms with van der Waals surface area (Å²) in [6, 6.07) is 10.4. The normalized spacial score (nSPS) is 11.0. The number of H-pyrrole nitrogens is 1. The SMILES string of the molecule is Cc1ccc(-c2[nH]c3ccc(F)cc3c2CC(=O)O)c(C)c1. The molecule has 0 unspecified atom stereocenters. The minimum absolute atomic E-state index is 0.147. The number of hydrogen-bond donors (Lipinski definition) is 2. The highest BCUT2D eigenvalue weighted by atomic mass is 19.1. The lowest BCUT2D eigenvalue weighted by molar-refractivity contribution is -0.136. The van der Waals surface area contributed by atoms with Crippen LogP contribution in [0.5, 0.6) is 0 Å². The summed E-state index contributed by atoms with van der Waals surface area (Å²) in [5.74, 6) is -1.30. The van der Waals surface area contributed by atoms with Crippen LogP contribution in [-0.2, 0) is 11.2 Å². The highest BCUT2D eigenvalue weighted by Gasteiger charge is 2.17. The first kappa shape index (κ1) is 14.3. The molecule has 1 aromatic heterocycles. The zero-order valence-corrected chi connectivity index (χ0v) is 12.4. The van der Waals surface area contributed by atoms with Crippen molar-refractivity contribution in [3.05, 3.63) is 58.9 Å². The highest BCUT2D eigenvalue weighted by molar-refractivity contribution is 5.94. The number of aryl methyl sites for hydroxylation is 2. The van der Waals surface area contributed by atoms with Crippen LogP contribution in [0.4, 0.5) is 4.39 Å².